The molecule has 0 atom stereocenters. The number of hydrogen-bond acceptors (Lipinski definition) is 2. The Morgan fingerprint density at radius 3 is 2.47 bits per heavy atom. The van der Waals surface area contributed by atoms with Crippen molar-refractivity contribution in [1.29, 1.82) is 0 Å². The van der Waals surface area contributed by atoms with Gasteiger partial charge in [0.1, 0.15) is 0 Å². The van der Waals surface area contributed by atoms with E-state index in [0.29, 0.717) is 5.56 Å². The van der Waals surface area contributed by atoms with E-state index in [0.717, 1.165) is 14.5 Å². The van der Waals surface area contributed by atoms with Gasteiger partial charge < -0.3 is 0 Å². The van der Waals surface area contributed by atoms with Crippen LogP contribution in [0.15, 0.2) is 49.6 Å². The predicted octanol–water partition coefficient (Wildman–Crippen LogP) is 2.63. The van der Waals surface area contributed by atoms with Crippen molar-refractivity contribution in [3.8, 4) is 0 Å². The number of carbonyl (C=O) groups is 2. The Morgan fingerprint density at radius 1 is 1.29 bits per heavy atom. The highest BCUT2D eigenvalue weighted by Gasteiger charge is 2.20. The van der Waals surface area contributed by atoms with Crippen LogP contribution < -0.4 is 0 Å². The second-order valence-electron chi connectivity index (χ2n) is 3.23. The van der Waals surface area contributed by atoms with E-state index in [1.54, 1.807) is 12.1 Å². The zero-order valence-electron chi connectivity index (χ0n) is 9.23. The number of amides is 2. The van der Waals surface area contributed by atoms with Crippen LogP contribution in [0.25, 0.3) is 0 Å². The van der Waals surface area contributed by atoms with Crippen molar-refractivity contribution in [3.63, 3.8) is 0 Å². The minimum Gasteiger partial charge on any atom is -0.271 e. The lowest BCUT2D eigenvalue weighted by molar-refractivity contribution is -0.123. The number of benzene rings is 1. The molecule has 1 aromatic rings. The van der Waals surface area contributed by atoms with E-state index >= 15 is 0 Å². The average Bonchev–Trinajstić information content (AvgIpc) is 2.35. The van der Waals surface area contributed by atoms with E-state index in [4.69, 9.17) is 0 Å². The summed E-state index contributed by atoms with van der Waals surface area (Å²) >= 11 is 2.06. The third-order valence-electron chi connectivity index (χ3n) is 2.10. The molecular weight excluding hydrogens is 329 g/mol. The third kappa shape index (κ3) is 3.26. The fraction of sp³-hybridized carbons (Fsp3) is 0.0769. The van der Waals surface area contributed by atoms with Crippen molar-refractivity contribution in [2.24, 2.45) is 0 Å². The third-order valence-corrected chi connectivity index (χ3v) is 3.04. The standard InChI is InChI=1S/C13H12INO2/c1-3-9-15(12(16)4-2)13(17)10-7-5-6-8-11(10)14/h3-8H,1-2,9H2. The van der Waals surface area contributed by atoms with Gasteiger partial charge in [0.2, 0.25) is 0 Å². The Labute approximate surface area is 114 Å². The van der Waals surface area contributed by atoms with E-state index in [-0.39, 0.29) is 12.5 Å². The zero-order chi connectivity index (χ0) is 12.8. The fourth-order valence-corrected chi connectivity index (χ4v) is 1.91. The lowest BCUT2D eigenvalue weighted by Crippen LogP contribution is -2.36. The molecule has 0 heterocycles. The molecule has 0 spiro atoms. The molecule has 1 aromatic carbocycles. The molecule has 0 aliphatic rings. The fourth-order valence-electron chi connectivity index (χ4n) is 1.29. The molecule has 0 aliphatic carbocycles. The number of imide groups is 1. The van der Waals surface area contributed by atoms with E-state index in [2.05, 4.69) is 35.7 Å². The lowest BCUT2D eigenvalue weighted by atomic mass is 10.2. The number of rotatable bonds is 4. The van der Waals surface area contributed by atoms with Crippen molar-refractivity contribution in [2.75, 3.05) is 6.54 Å². The minimum absolute atomic E-state index is 0.175. The van der Waals surface area contributed by atoms with Crippen LogP contribution in [0.4, 0.5) is 0 Å². The molecule has 0 aromatic heterocycles. The van der Waals surface area contributed by atoms with Gasteiger partial charge in [-0.1, -0.05) is 24.8 Å². The summed E-state index contributed by atoms with van der Waals surface area (Å²) < 4.78 is 0.807. The molecule has 0 saturated heterocycles. The predicted molar refractivity (Wildman–Crippen MR) is 75.6 cm³/mol. The van der Waals surface area contributed by atoms with Gasteiger partial charge in [0.25, 0.3) is 11.8 Å². The van der Waals surface area contributed by atoms with Crippen LogP contribution in [0.2, 0.25) is 0 Å². The molecule has 1 rings (SSSR count). The Hall–Kier alpha value is -1.43. The van der Waals surface area contributed by atoms with E-state index < -0.39 is 5.91 Å². The summed E-state index contributed by atoms with van der Waals surface area (Å²) in [6.07, 6.45) is 2.63. The van der Waals surface area contributed by atoms with Crippen LogP contribution in [0, 0.1) is 3.57 Å². The second-order valence-corrected chi connectivity index (χ2v) is 4.39. The number of halogens is 1. The average molecular weight is 341 g/mol. The second kappa shape index (κ2) is 6.34. The van der Waals surface area contributed by atoms with Gasteiger partial charge in [0.15, 0.2) is 0 Å². The first-order valence-electron chi connectivity index (χ1n) is 4.95. The number of nitrogens with zero attached hydrogens (tertiary/aromatic N) is 1. The molecule has 0 bridgehead atoms. The summed E-state index contributed by atoms with van der Waals surface area (Å²) in [4.78, 5) is 24.8. The lowest BCUT2D eigenvalue weighted by Gasteiger charge is -2.18. The summed E-state index contributed by atoms with van der Waals surface area (Å²) in [6, 6.07) is 7.11. The van der Waals surface area contributed by atoms with Crippen molar-refractivity contribution < 1.29 is 9.59 Å². The maximum Gasteiger partial charge on any atom is 0.262 e. The van der Waals surface area contributed by atoms with E-state index in [9.17, 15) is 9.59 Å². The van der Waals surface area contributed by atoms with Crippen LogP contribution >= 0.6 is 22.6 Å². The molecule has 0 saturated carbocycles. The molecule has 88 valence electrons. The van der Waals surface area contributed by atoms with Gasteiger partial charge >= 0.3 is 0 Å². The number of hydrogen-bond donors (Lipinski definition) is 0. The van der Waals surface area contributed by atoms with Crippen LogP contribution in [-0.4, -0.2) is 23.3 Å². The molecule has 17 heavy (non-hydrogen) atoms. The van der Waals surface area contributed by atoms with E-state index in [1.807, 2.05) is 12.1 Å². The van der Waals surface area contributed by atoms with Crippen molar-refractivity contribution in [3.05, 3.63) is 58.7 Å². The maximum absolute atomic E-state index is 12.2. The van der Waals surface area contributed by atoms with Gasteiger partial charge in [-0.05, 0) is 40.8 Å². The normalized spacial score (nSPS) is 9.47. The van der Waals surface area contributed by atoms with Crippen molar-refractivity contribution in [2.45, 2.75) is 0 Å². The summed E-state index contributed by atoms with van der Waals surface area (Å²) in [5.41, 5.74) is 0.505. The SMILES string of the molecule is C=CCN(C(=O)C=C)C(=O)c1ccccc1I. The van der Waals surface area contributed by atoms with Gasteiger partial charge in [-0.25, -0.2) is 0 Å². The Morgan fingerprint density at radius 2 is 1.94 bits per heavy atom. The van der Waals surface area contributed by atoms with Crippen LogP contribution in [0.1, 0.15) is 10.4 Å². The Balaban J connectivity index is 3.08. The molecule has 0 fully saturated rings. The molecule has 0 aliphatic heterocycles. The molecule has 0 radical (unpaired) electrons. The van der Waals surface area contributed by atoms with Gasteiger partial charge in [0.05, 0.1) is 5.56 Å². The first kappa shape index (κ1) is 13.6. The van der Waals surface area contributed by atoms with Crippen LogP contribution in [0.3, 0.4) is 0 Å². The first-order chi connectivity index (χ1) is 8.11. The Bertz CT molecular complexity index is 468. The Kier molecular flexibility index (Phi) is 5.09. The molecule has 2 amide bonds. The monoisotopic (exact) mass is 341 g/mol. The summed E-state index contributed by atoms with van der Waals surface area (Å²) in [5.74, 6) is -0.755. The molecule has 4 heteroatoms. The van der Waals surface area contributed by atoms with Gasteiger partial charge in [-0.15, -0.1) is 6.58 Å². The van der Waals surface area contributed by atoms with Crippen molar-refractivity contribution in [1.82, 2.24) is 4.90 Å². The highest BCUT2D eigenvalue weighted by atomic mass is 127. The number of carbonyl (C=O) groups excluding carboxylic acids is 2. The largest absolute Gasteiger partial charge is 0.271 e. The molecule has 3 nitrogen and oxygen atoms in total. The summed E-state index contributed by atoms with van der Waals surface area (Å²) in [5, 5.41) is 0. The summed E-state index contributed by atoms with van der Waals surface area (Å²) in [7, 11) is 0. The molecular formula is C13H12INO2. The quantitative estimate of drug-likeness (QED) is 0.480. The maximum atomic E-state index is 12.2. The van der Waals surface area contributed by atoms with Crippen LogP contribution in [-0.2, 0) is 4.79 Å². The van der Waals surface area contributed by atoms with Crippen LogP contribution in [0.5, 0.6) is 0 Å². The first-order valence-corrected chi connectivity index (χ1v) is 6.03. The van der Waals surface area contributed by atoms with Crippen molar-refractivity contribution >= 4 is 34.4 Å². The van der Waals surface area contributed by atoms with E-state index in [1.165, 1.54) is 6.08 Å². The zero-order valence-corrected chi connectivity index (χ0v) is 11.4. The topological polar surface area (TPSA) is 37.4 Å². The highest BCUT2D eigenvalue weighted by molar-refractivity contribution is 14.1. The smallest absolute Gasteiger partial charge is 0.262 e. The van der Waals surface area contributed by atoms with Gasteiger partial charge in [-0.3, -0.25) is 14.5 Å². The van der Waals surface area contributed by atoms with Gasteiger partial charge in [0, 0.05) is 10.1 Å². The van der Waals surface area contributed by atoms with Gasteiger partial charge in [-0.2, -0.15) is 0 Å². The molecule has 0 unspecified atom stereocenters. The minimum atomic E-state index is -0.422. The summed E-state index contributed by atoms with van der Waals surface area (Å²) in [6.45, 7) is 7.09. The molecule has 0 N–H and O–H groups in total. The highest BCUT2D eigenvalue weighted by Crippen LogP contribution is 2.14.